The molecule has 0 spiro atoms. The van der Waals surface area contributed by atoms with E-state index in [2.05, 4.69) is 5.32 Å². The zero-order valence-corrected chi connectivity index (χ0v) is 20.1. The first kappa shape index (κ1) is 27.3. The van der Waals surface area contributed by atoms with Crippen LogP contribution in [-0.2, 0) is 14.2 Å². The highest BCUT2D eigenvalue weighted by Gasteiger charge is 2.30. The average Bonchev–Trinajstić information content (AvgIpc) is 2.64. The summed E-state index contributed by atoms with van der Waals surface area (Å²) in [5.41, 5.74) is 5.89. The maximum Gasteiger partial charge on any atom is 0.237 e. The highest BCUT2D eigenvalue weighted by molar-refractivity contribution is 7.58. The summed E-state index contributed by atoms with van der Waals surface area (Å²) >= 11 is 0. The second kappa shape index (κ2) is 12.9. The smallest absolute Gasteiger partial charge is 0.237 e. The number of carbonyl (C=O) groups is 2. The normalized spacial score (nSPS) is 20.6. The number of hydrogen-bond donors (Lipinski definition) is 4. The first-order valence-electron chi connectivity index (χ1n) is 11.5. The van der Waals surface area contributed by atoms with Crippen molar-refractivity contribution < 1.29 is 24.2 Å². The molecule has 0 radical (unpaired) electrons. The number of aliphatic hydroxyl groups excluding tert-OH is 1. The quantitative estimate of drug-likeness (QED) is 0.322. The van der Waals surface area contributed by atoms with Crippen molar-refractivity contribution in [3.8, 4) is 0 Å². The number of amides is 1. The van der Waals surface area contributed by atoms with E-state index in [1.165, 1.54) is 6.42 Å². The summed E-state index contributed by atoms with van der Waals surface area (Å²) in [5.74, 6) is -0.0969. The molecule has 30 heavy (non-hydrogen) atoms. The predicted molar refractivity (Wildman–Crippen MR) is 121 cm³/mol. The molecule has 0 aromatic rings. The number of rotatable bonds is 13. The van der Waals surface area contributed by atoms with Crippen LogP contribution in [0.1, 0.15) is 79.1 Å². The molecule has 1 aliphatic carbocycles. The molecule has 176 valence electrons. The molecule has 1 rings (SSSR count). The fraction of sp³-hybridized carbons (Fsp3) is 0.909. The monoisotopic (exact) mass is 446 g/mol. The molecular weight excluding hydrogens is 403 g/mol. The lowest BCUT2D eigenvalue weighted by molar-refractivity contribution is -0.129. The molecule has 0 saturated heterocycles. The largest absolute Gasteiger partial charge is 0.393 e. The Morgan fingerprint density at radius 1 is 1.13 bits per heavy atom. The Morgan fingerprint density at radius 3 is 2.27 bits per heavy atom. The molecule has 1 amide bonds. The van der Waals surface area contributed by atoms with Gasteiger partial charge in [0.15, 0.2) is 5.78 Å². The summed E-state index contributed by atoms with van der Waals surface area (Å²) in [4.78, 5) is 35.3. The van der Waals surface area contributed by atoms with Gasteiger partial charge in [-0.15, -0.1) is 0 Å². The van der Waals surface area contributed by atoms with Crippen LogP contribution in [0.25, 0.3) is 0 Å². The van der Waals surface area contributed by atoms with Gasteiger partial charge in [0, 0.05) is 12.6 Å². The maximum absolute atomic E-state index is 12.7. The third-order valence-electron chi connectivity index (χ3n) is 5.92. The van der Waals surface area contributed by atoms with Crippen molar-refractivity contribution >= 4 is 19.1 Å². The van der Waals surface area contributed by atoms with Crippen molar-refractivity contribution in [1.82, 2.24) is 5.32 Å². The summed E-state index contributed by atoms with van der Waals surface area (Å²) in [6, 6.07) is -1.34. The molecule has 0 bridgehead atoms. The molecule has 0 heterocycles. The van der Waals surface area contributed by atoms with Crippen LogP contribution in [0.3, 0.4) is 0 Å². The molecular formula is C22H43N2O5P. The number of hydrogen-bond acceptors (Lipinski definition) is 5. The second-order valence-electron chi connectivity index (χ2n) is 9.83. The van der Waals surface area contributed by atoms with Gasteiger partial charge in [-0.1, -0.05) is 47.0 Å². The molecule has 0 aliphatic heterocycles. The lowest BCUT2D eigenvalue weighted by atomic mass is 9.91. The van der Waals surface area contributed by atoms with Crippen LogP contribution in [0, 0.1) is 17.8 Å². The highest BCUT2D eigenvalue weighted by Crippen LogP contribution is 2.46. The van der Waals surface area contributed by atoms with E-state index in [0.717, 1.165) is 25.7 Å². The fourth-order valence-corrected chi connectivity index (χ4v) is 6.23. The van der Waals surface area contributed by atoms with Crippen molar-refractivity contribution in [1.29, 1.82) is 0 Å². The van der Waals surface area contributed by atoms with E-state index >= 15 is 0 Å². The Bertz CT molecular complexity index is 590. The fourth-order valence-electron chi connectivity index (χ4n) is 4.06. The van der Waals surface area contributed by atoms with E-state index in [1.807, 2.05) is 27.7 Å². The van der Waals surface area contributed by atoms with Crippen LogP contribution in [0.4, 0.5) is 0 Å². The zero-order valence-electron chi connectivity index (χ0n) is 19.2. The number of nitrogens with one attached hydrogen (secondary N) is 1. The van der Waals surface area contributed by atoms with Gasteiger partial charge in [-0.05, 0) is 43.4 Å². The molecule has 1 saturated carbocycles. The van der Waals surface area contributed by atoms with E-state index in [-0.39, 0.29) is 54.6 Å². The molecule has 1 unspecified atom stereocenters. The summed E-state index contributed by atoms with van der Waals surface area (Å²) in [7, 11) is -3.42. The number of carbonyl (C=O) groups excluding carboxylic acids is 2. The minimum Gasteiger partial charge on any atom is -0.393 e. The van der Waals surface area contributed by atoms with Crippen molar-refractivity contribution in [2.45, 2.75) is 97.2 Å². The van der Waals surface area contributed by atoms with Gasteiger partial charge in [0.05, 0.1) is 24.3 Å². The summed E-state index contributed by atoms with van der Waals surface area (Å²) in [6.07, 6.45) is 5.11. The number of aliphatic hydroxyl groups is 1. The highest BCUT2D eigenvalue weighted by atomic mass is 31.2. The first-order valence-corrected chi connectivity index (χ1v) is 13.5. The van der Waals surface area contributed by atoms with E-state index in [1.54, 1.807) is 0 Å². The van der Waals surface area contributed by atoms with Crippen molar-refractivity contribution in [2.75, 3.05) is 12.3 Å². The average molecular weight is 447 g/mol. The van der Waals surface area contributed by atoms with Gasteiger partial charge in [-0.25, -0.2) is 0 Å². The van der Waals surface area contributed by atoms with Gasteiger partial charge in [-0.3, -0.25) is 14.2 Å². The number of nitrogens with two attached hydrogens (primary N) is 1. The summed E-state index contributed by atoms with van der Waals surface area (Å²) in [6.45, 7) is 7.63. The van der Waals surface area contributed by atoms with Crippen LogP contribution in [-0.4, -0.2) is 52.2 Å². The van der Waals surface area contributed by atoms with Crippen molar-refractivity contribution in [2.24, 2.45) is 23.5 Å². The van der Waals surface area contributed by atoms with Gasteiger partial charge >= 0.3 is 0 Å². The summed E-state index contributed by atoms with van der Waals surface area (Å²) < 4.78 is 12.5. The molecule has 0 aromatic carbocycles. The molecule has 7 nitrogen and oxygen atoms in total. The number of ketones is 1. The first-order chi connectivity index (χ1) is 13.9. The minimum absolute atomic E-state index is 0.0375. The minimum atomic E-state index is -3.42. The molecule has 1 aliphatic rings. The van der Waals surface area contributed by atoms with Crippen LogP contribution >= 0.6 is 7.37 Å². The van der Waals surface area contributed by atoms with Gasteiger partial charge in [0.2, 0.25) is 13.3 Å². The van der Waals surface area contributed by atoms with E-state index in [4.69, 9.17) is 5.73 Å². The lowest BCUT2D eigenvalue weighted by Crippen LogP contribution is -2.50. The Hall–Kier alpha value is -0.750. The Kier molecular flexibility index (Phi) is 11.8. The van der Waals surface area contributed by atoms with Crippen LogP contribution in [0.15, 0.2) is 0 Å². The molecule has 8 heteroatoms. The van der Waals surface area contributed by atoms with Gasteiger partial charge in [-0.2, -0.15) is 0 Å². The van der Waals surface area contributed by atoms with Crippen molar-refractivity contribution in [3.05, 3.63) is 0 Å². The molecule has 1 fully saturated rings. The second-order valence-corrected chi connectivity index (χ2v) is 12.3. The van der Waals surface area contributed by atoms with Crippen LogP contribution in [0.5, 0.6) is 0 Å². The maximum atomic E-state index is 12.7. The van der Waals surface area contributed by atoms with E-state index in [0.29, 0.717) is 6.42 Å². The van der Waals surface area contributed by atoms with Gasteiger partial charge in [0.1, 0.15) is 0 Å². The van der Waals surface area contributed by atoms with Gasteiger partial charge < -0.3 is 21.1 Å². The summed E-state index contributed by atoms with van der Waals surface area (Å²) in [5, 5.41) is 13.0. The Balaban J connectivity index is 2.55. The third-order valence-corrected chi connectivity index (χ3v) is 8.00. The standard InChI is InChI=1S/C22H43N2O5P/c1-15(2)12-19(24-22(27)21(23)16(3)4)20(26)11-10-18(25)14-30(28,29)13-17-8-6-5-7-9-17/h15-19,21,25H,5-14,23H2,1-4H3,(H,24,27)(H,28,29)/t18-,19+,21+/m1/s1. The third kappa shape index (κ3) is 10.5. The predicted octanol–water partition coefficient (Wildman–Crippen LogP) is 3.06. The lowest BCUT2D eigenvalue weighted by Gasteiger charge is -2.25. The Morgan fingerprint density at radius 2 is 1.73 bits per heavy atom. The topological polar surface area (TPSA) is 130 Å². The van der Waals surface area contributed by atoms with Crippen LogP contribution < -0.4 is 11.1 Å². The Labute approximate surface area is 182 Å². The SMILES string of the molecule is CC(C)C[C@H](NC(=O)[C@@H](N)C(C)C)C(=O)CC[C@@H](O)CP(=O)(O)CC1CCCCC1. The molecule has 4 atom stereocenters. The van der Waals surface area contributed by atoms with E-state index < -0.39 is 25.6 Å². The van der Waals surface area contributed by atoms with Crippen LogP contribution in [0.2, 0.25) is 0 Å². The molecule has 5 N–H and O–H groups in total. The molecule has 0 aromatic heterocycles. The zero-order chi connectivity index (χ0) is 22.9. The van der Waals surface area contributed by atoms with E-state index in [9.17, 15) is 24.2 Å². The van der Waals surface area contributed by atoms with Crippen molar-refractivity contribution in [3.63, 3.8) is 0 Å². The van der Waals surface area contributed by atoms with Gasteiger partial charge in [0.25, 0.3) is 0 Å². The number of Topliss-reactive ketones (excluding diaryl/α,β-unsaturated/α-hetero) is 1.